The maximum atomic E-state index is 5.06. The van der Waals surface area contributed by atoms with E-state index < -0.39 is 0 Å². The molecular weight excluding hydrogens is 164 g/mol. The molecule has 0 saturated heterocycles. The predicted molar refractivity (Wildman–Crippen MR) is 57.1 cm³/mol. The first-order valence-corrected chi connectivity index (χ1v) is 5.16. The summed E-state index contributed by atoms with van der Waals surface area (Å²) in [6, 6.07) is 0.608. The summed E-state index contributed by atoms with van der Waals surface area (Å²) in [5.74, 6) is 0. The minimum atomic E-state index is 0.608. The maximum absolute atomic E-state index is 5.06. The largest absolute Gasteiger partial charge is 0.383 e. The van der Waals surface area contributed by atoms with Crippen LogP contribution in [0.25, 0.3) is 0 Å². The topological polar surface area (TPSA) is 24.5 Å². The van der Waals surface area contributed by atoms with Crippen LogP contribution in [0.5, 0.6) is 0 Å². The molecule has 1 unspecified atom stereocenters. The highest BCUT2D eigenvalue weighted by Gasteiger charge is 2.08. The Labute approximate surface area is 82.4 Å². The Morgan fingerprint density at radius 1 is 1.38 bits per heavy atom. The van der Waals surface area contributed by atoms with E-state index in [2.05, 4.69) is 24.1 Å². The summed E-state index contributed by atoms with van der Waals surface area (Å²) in [7, 11) is 3.78. The van der Waals surface area contributed by atoms with Crippen LogP contribution in [0.15, 0.2) is 0 Å². The van der Waals surface area contributed by atoms with Crippen molar-refractivity contribution in [3.63, 3.8) is 0 Å². The summed E-state index contributed by atoms with van der Waals surface area (Å²) >= 11 is 0. The molecule has 80 valence electrons. The lowest BCUT2D eigenvalue weighted by Crippen LogP contribution is -2.40. The van der Waals surface area contributed by atoms with E-state index in [1.54, 1.807) is 7.11 Å². The Morgan fingerprint density at radius 2 is 2.08 bits per heavy atom. The second kappa shape index (κ2) is 8.48. The van der Waals surface area contributed by atoms with Gasteiger partial charge in [0, 0.05) is 26.2 Å². The van der Waals surface area contributed by atoms with Crippen molar-refractivity contribution in [1.29, 1.82) is 0 Å². The Kier molecular flexibility index (Phi) is 8.40. The number of likely N-dealkylation sites (N-methyl/N-ethyl adjacent to an activating group) is 2. The fourth-order valence-corrected chi connectivity index (χ4v) is 1.34. The molecule has 0 saturated carbocycles. The molecule has 0 aliphatic rings. The Hall–Kier alpha value is -0.120. The van der Waals surface area contributed by atoms with Gasteiger partial charge in [0.05, 0.1) is 6.61 Å². The highest BCUT2D eigenvalue weighted by Crippen LogP contribution is 1.95. The molecule has 0 heterocycles. The van der Waals surface area contributed by atoms with Gasteiger partial charge in [0.15, 0.2) is 0 Å². The lowest BCUT2D eigenvalue weighted by molar-refractivity contribution is 0.144. The average Bonchev–Trinajstić information content (AvgIpc) is 2.19. The second-order valence-corrected chi connectivity index (χ2v) is 3.28. The number of methoxy groups -OCH3 is 1. The molecule has 0 aromatic carbocycles. The van der Waals surface area contributed by atoms with Crippen molar-refractivity contribution < 1.29 is 4.74 Å². The lowest BCUT2D eigenvalue weighted by atomic mass is 10.2. The molecule has 1 N–H and O–H groups in total. The van der Waals surface area contributed by atoms with E-state index in [0.717, 1.165) is 26.2 Å². The second-order valence-electron chi connectivity index (χ2n) is 3.28. The van der Waals surface area contributed by atoms with Gasteiger partial charge in [-0.1, -0.05) is 13.8 Å². The maximum Gasteiger partial charge on any atom is 0.0589 e. The molecule has 1 atom stereocenters. The summed E-state index contributed by atoms with van der Waals surface area (Å²) in [5.41, 5.74) is 0. The number of nitrogens with one attached hydrogen (secondary N) is 1. The molecule has 13 heavy (non-hydrogen) atoms. The average molecular weight is 188 g/mol. The van der Waals surface area contributed by atoms with Crippen LogP contribution < -0.4 is 5.32 Å². The van der Waals surface area contributed by atoms with E-state index in [-0.39, 0.29) is 0 Å². The van der Waals surface area contributed by atoms with Crippen molar-refractivity contribution >= 4 is 0 Å². The zero-order chi connectivity index (χ0) is 10.1. The minimum Gasteiger partial charge on any atom is -0.383 e. The summed E-state index contributed by atoms with van der Waals surface area (Å²) in [5, 5.41) is 3.31. The first-order chi connectivity index (χ1) is 6.28. The van der Waals surface area contributed by atoms with Crippen LogP contribution in [0.2, 0.25) is 0 Å². The molecule has 3 nitrogen and oxygen atoms in total. The van der Waals surface area contributed by atoms with Crippen molar-refractivity contribution in [2.75, 3.05) is 40.4 Å². The number of hydrogen-bond donors (Lipinski definition) is 1. The van der Waals surface area contributed by atoms with E-state index in [1.165, 1.54) is 6.42 Å². The van der Waals surface area contributed by atoms with E-state index in [4.69, 9.17) is 4.74 Å². The van der Waals surface area contributed by atoms with Crippen LogP contribution >= 0.6 is 0 Å². The SMILES string of the molecule is CCC(CN(CC)CCOC)NC. The third kappa shape index (κ3) is 6.02. The van der Waals surface area contributed by atoms with Gasteiger partial charge in [0.1, 0.15) is 0 Å². The molecule has 0 spiro atoms. The Morgan fingerprint density at radius 3 is 2.46 bits per heavy atom. The number of hydrogen-bond acceptors (Lipinski definition) is 3. The van der Waals surface area contributed by atoms with Crippen molar-refractivity contribution in [1.82, 2.24) is 10.2 Å². The van der Waals surface area contributed by atoms with Gasteiger partial charge in [0.2, 0.25) is 0 Å². The van der Waals surface area contributed by atoms with Crippen molar-refractivity contribution in [3.05, 3.63) is 0 Å². The van der Waals surface area contributed by atoms with Crippen LogP contribution in [0.1, 0.15) is 20.3 Å². The minimum absolute atomic E-state index is 0.608. The third-order valence-corrected chi connectivity index (χ3v) is 2.44. The van der Waals surface area contributed by atoms with E-state index >= 15 is 0 Å². The van der Waals surface area contributed by atoms with Gasteiger partial charge in [-0.15, -0.1) is 0 Å². The zero-order valence-corrected chi connectivity index (χ0v) is 9.47. The van der Waals surface area contributed by atoms with Gasteiger partial charge >= 0.3 is 0 Å². The van der Waals surface area contributed by atoms with Gasteiger partial charge < -0.3 is 10.1 Å². The quantitative estimate of drug-likeness (QED) is 0.614. The van der Waals surface area contributed by atoms with Gasteiger partial charge in [0.25, 0.3) is 0 Å². The highest BCUT2D eigenvalue weighted by atomic mass is 16.5. The number of nitrogens with zero attached hydrogens (tertiary/aromatic N) is 1. The van der Waals surface area contributed by atoms with Crippen molar-refractivity contribution in [3.8, 4) is 0 Å². The van der Waals surface area contributed by atoms with E-state index in [1.807, 2.05) is 7.05 Å². The molecule has 0 amide bonds. The fraction of sp³-hybridized carbons (Fsp3) is 1.00. The normalized spacial score (nSPS) is 13.6. The summed E-state index contributed by atoms with van der Waals surface area (Å²) in [6.07, 6.45) is 1.18. The smallest absolute Gasteiger partial charge is 0.0589 e. The van der Waals surface area contributed by atoms with Crippen LogP contribution in [0, 0.1) is 0 Å². The van der Waals surface area contributed by atoms with Crippen LogP contribution in [-0.2, 0) is 4.74 Å². The molecule has 0 fully saturated rings. The van der Waals surface area contributed by atoms with Gasteiger partial charge in [-0.25, -0.2) is 0 Å². The van der Waals surface area contributed by atoms with Gasteiger partial charge in [-0.3, -0.25) is 4.90 Å². The summed E-state index contributed by atoms with van der Waals surface area (Å²) in [4.78, 5) is 2.41. The van der Waals surface area contributed by atoms with Crippen LogP contribution in [0.4, 0.5) is 0 Å². The molecule has 0 bridgehead atoms. The summed E-state index contributed by atoms with van der Waals surface area (Å²) < 4.78 is 5.06. The predicted octanol–water partition coefficient (Wildman–Crippen LogP) is 0.953. The van der Waals surface area contributed by atoms with E-state index in [0.29, 0.717) is 6.04 Å². The molecule has 0 aromatic rings. The molecule has 0 aromatic heterocycles. The summed E-state index contributed by atoms with van der Waals surface area (Å²) in [6.45, 7) is 8.48. The number of rotatable bonds is 8. The van der Waals surface area contributed by atoms with Crippen molar-refractivity contribution in [2.45, 2.75) is 26.3 Å². The monoisotopic (exact) mass is 188 g/mol. The van der Waals surface area contributed by atoms with E-state index in [9.17, 15) is 0 Å². The molecule has 0 aliphatic carbocycles. The molecule has 0 radical (unpaired) electrons. The van der Waals surface area contributed by atoms with Crippen molar-refractivity contribution in [2.24, 2.45) is 0 Å². The number of ether oxygens (including phenoxy) is 1. The molecule has 0 rings (SSSR count). The Bertz CT molecular complexity index is 105. The first kappa shape index (κ1) is 12.9. The van der Waals surface area contributed by atoms with Gasteiger partial charge in [-0.05, 0) is 20.0 Å². The highest BCUT2D eigenvalue weighted by molar-refractivity contribution is 4.68. The van der Waals surface area contributed by atoms with Crippen LogP contribution in [0.3, 0.4) is 0 Å². The zero-order valence-electron chi connectivity index (χ0n) is 9.47. The third-order valence-electron chi connectivity index (χ3n) is 2.44. The van der Waals surface area contributed by atoms with Gasteiger partial charge in [-0.2, -0.15) is 0 Å². The molecular formula is C10H24N2O. The first-order valence-electron chi connectivity index (χ1n) is 5.16. The van der Waals surface area contributed by atoms with Crippen LogP contribution in [-0.4, -0.2) is 51.3 Å². The fourth-order valence-electron chi connectivity index (χ4n) is 1.34. The standard InChI is InChI=1S/C10H24N2O/c1-5-10(11-3)9-12(6-2)7-8-13-4/h10-11H,5-9H2,1-4H3. The Balaban J connectivity index is 3.67. The molecule has 0 aliphatic heterocycles. The molecule has 3 heteroatoms. The lowest BCUT2D eigenvalue weighted by Gasteiger charge is -2.25.